The summed E-state index contributed by atoms with van der Waals surface area (Å²) in [7, 11) is 3.14. The van der Waals surface area contributed by atoms with Gasteiger partial charge in [-0.15, -0.1) is 0 Å². The van der Waals surface area contributed by atoms with Crippen LogP contribution >= 0.6 is 0 Å². The highest BCUT2D eigenvalue weighted by Gasteiger charge is 2.36. The summed E-state index contributed by atoms with van der Waals surface area (Å²) in [6.07, 6.45) is 8.40. The van der Waals surface area contributed by atoms with E-state index in [-0.39, 0.29) is 22.4 Å². The Morgan fingerprint density at radius 3 is 2.27 bits per heavy atom. The van der Waals surface area contributed by atoms with Crippen molar-refractivity contribution in [3.8, 4) is 17.4 Å². The summed E-state index contributed by atoms with van der Waals surface area (Å²) in [6, 6.07) is 18.4. The number of aromatic nitrogens is 1. The Hall–Kier alpha value is -3.88. The van der Waals surface area contributed by atoms with Crippen LogP contribution in [0.2, 0.25) is 18.1 Å². The number of methoxy groups -OCH3 is 3. The Bertz CT molecular complexity index is 1650. The van der Waals surface area contributed by atoms with E-state index in [0.717, 1.165) is 40.8 Å². The third-order valence-corrected chi connectivity index (χ3v) is 14.4. The van der Waals surface area contributed by atoms with Crippen molar-refractivity contribution in [1.29, 1.82) is 0 Å². The lowest BCUT2D eigenvalue weighted by Gasteiger charge is -2.36. The zero-order valence-electron chi connectivity index (χ0n) is 31.5. The predicted octanol–water partition coefficient (Wildman–Crippen LogP) is 9.45. The van der Waals surface area contributed by atoms with E-state index < -0.39 is 8.32 Å². The third kappa shape index (κ3) is 9.43. The number of hydrogen-bond acceptors (Lipinski definition) is 6. The maximum Gasteiger partial charge on any atom is 0.223 e. The number of nitrogens with zero attached hydrogens (tertiary/aromatic N) is 2. The largest absolute Gasteiger partial charge is 0.497 e. The lowest BCUT2D eigenvalue weighted by molar-refractivity contribution is -0.129. The van der Waals surface area contributed by atoms with E-state index >= 15 is 0 Å². The highest BCUT2D eigenvalue weighted by Crippen LogP contribution is 2.37. The lowest BCUT2D eigenvalue weighted by Crippen LogP contribution is -2.40. The normalized spacial score (nSPS) is 16.1. The molecular formula is C41H56N2O5Si. The van der Waals surface area contributed by atoms with Gasteiger partial charge in [0, 0.05) is 42.3 Å². The summed E-state index contributed by atoms with van der Waals surface area (Å²) in [5, 5.41) is 0.184. The number of amides is 1. The van der Waals surface area contributed by atoms with Crippen LogP contribution in [-0.4, -0.2) is 58.1 Å². The van der Waals surface area contributed by atoms with Gasteiger partial charge in [0.2, 0.25) is 11.8 Å². The molecule has 49 heavy (non-hydrogen) atoms. The van der Waals surface area contributed by atoms with Gasteiger partial charge in [-0.05, 0) is 71.8 Å². The summed E-state index contributed by atoms with van der Waals surface area (Å²) in [5.74, 6) is 2.08. The summed E-state index contributed by atoms with van der Waals surface area (Å²) in [5.41, 5.74) is 5.91. The first kappa shape index (κ1) is 37.9. The Morgan fingerprint density at radius 2 is 1.65 bits per heavy atom. The zero-order valence-corrected chi connectivity index (χ0v) is 32.5. The van der Waals surface area contributed by atoms with E-state index in [9.17, 15) is 4.79 Å². The van der Waals surface area contributed by atoms with Crippen LogP contribution in [0.15, 0.2) is 66.7 Å². The molecule has 0 saturated carbocycles. The smallest absolute Gasteiger partial charge is 0.223 e. The molecule has 1 fully saturated rings. The first-order chi connectivity index (χ1) is 23.1. The van der Waals surface area contributed by atoms with Crippen LogP contribution in [0.1, 0.15) is 88.8 Å². The second kappa shape index (κ2) is 15.8. The van der Waals surface area contributed by atoms with Crippen molar-refractivity contribution in [3.63, 3.8) is 0 Å². The molecule has 3 aromatic rings. The summed E-state index contributed by atoms with van der Waals surface area (Å²) in [4.78, 5) is 20.3. The Labute approximate surface area is 295 Å². The number of ether oxygens (including phenoxy) is 3. The Kier molecular flexibility index (Phi) is 12.2. The fraction of sp³-hybridized carbons (Fsp3) is 0.463. The van der Waals surface area contributed by atoms with Gasteiger partial charge in [-0.1, -0.05) is 84.0 Å². The van der Waals surface area contributed by atoms with Crippen LogP contribution in [0, 0.1) is 0 Å². The van der Waals surface area contributed by atoms with E-state index in [1.165, 1.54) is 5.56 Å². The number of hydrogen-bond donors (Lipinski definition) is 0. The molecule has 1 aromatic heterocycles. The molecular weight excluding hydrogens is 629 g/mol. The number of carbonyl (C=O) groups is 1. The van der Waals surface area contributed by atoms with Gasteiger partial charge >= 0.3 is 0 Å². The molecule has 1 aliphatic heterocycles. The van der Waals surface area contributed by atoms with Gasteiger partial charge in [-0.2, -0.15) is 0 Å². The molecule has 0 spiro atoms. The van der Waals surface area contributed by atoms with Crippen molar-refractivity contribution in [2.24, 2.45) is 0 Å². The molecule has 1 aliphatic rings. The van der Waals surface area contributed by atoms with Crippen molar-refractivity contribution in [3.05, 3.63) is 94.7 Å². The molecule has 1 amide bonds. The van der Waals surface area contributed by atoms with Gasteiger partial charge in [0.05, 0.1) is 33.1 Å². The van der Waals surface area contributed by atoms with Crippen molar-refractivity contribution < 1.29 is 23.4 Å². The number of likely N-dealkylation sites (tertiary alicyclic amines) is 1. The molecule has 0 unspecified atom stereocenters. The second-order valence-electron chi connectivity index (χ2n) is 15.3. The number of pyridine rings is 1. The van der Waals surface area contributed by atoms with Crippen molar-refractivity contribution in [2.75, 3.05) is 27.9 Å². The fourth-order valence-electron chi connectivity index (χ4n) is 5.67. The molecule has 7 nitrogen and oxygen atoms in total. The second-order valence-corrected chi connectivity index (χ2v) is 20.1. The van der Waals surface area contributed by atoms with E-state index in [2.05, 4.69) is 103 Å². The van der Waals surface area contributed by atoms with Crippen LogP contribution < -0.4 is 14.2 Å². The van der Waals surface area contributed by atoms with Crippen LogP contribution in [0.5, 0.6) is 17.4 Å². The highest BCUT2D eigenvalue weighted by atomic mass is 28.4. The maximum atomic E-state index is 13.3. The molecule has 0 N–H and O–H groups in total. The molecule has 4 rings (SSSR count). The van der Waals surface area contributed by atoms with E-state index in [0.29, 0.717) is 37.0 Å². The fourth-order valence-corrected chi connectivity index (χ4v) is 6.73. The van der Waals surface area contributed by atoms with Crippen LogP contribution in [0.4, 0.5) is 0 Å². The van der Waals surface area contributed by atoms with Crippen molar-refractivity contribution in [1.82, 2.24) is 9.88 Å². The van der Waals surface area contributed by atoms with Crippen LogP contribution in [0.3, 0.4) is 0 Å². The minimum absolute atomic E-state index is 0.0275. The van der Waals surface area contributed by atoms with Crippen LogP contribution in [0.25, 0.3) is 11.6 Å². The van der Waals surface area contributed by atoms with Gasteiger partial charge in [0.1, 0.15) is 11.5 Å². The quantitative estimate of drug-likeness (QED) is 0.132. The Morgan fingerprint density at radius 1 is 0.939 bits per heavy atom. The molecule has 1 saturated heterocycles. The molecule has 0 aliphatic carbocycles. The molecule has 1 atom stereocenters. The van der Waals surface area contributed by atoms with Gasteiger partial charge in [0.15, 0.2) is 8.32 Å². The monoisotopic (exact) mass is 684 g/mol. The summed E-state index contributed by atoms with van der Waals surface area (Å²) >= 11 is 0. The summed E-state index contributed by atoms with van der Waals surface area (Å²) in [6.45, 7) is 19.1. The molecule has 264 valence electrons. The van der Waals surface area contributed by atoms with E-state index in [1.807, 2.05) is 29.2 Å². The molecule has 0 bridgehead atoms. The first-order valence-electron chi connectivity index (χ1n) is 17.3. The summed E-state index contributed by atoms with van der Waals surface area (Å²) < 4.78 is 23.2. The number of rotatable bonds is 13. The average molecular weight is 685 g/mol. The predicted molar refractivity (Wildman–Crippen MR) is 203 cm³/mol. The topological polar surface area (TPSA) is 70.1 Å². The van der Waals surface area contributed by atoms with Gasteiger partial charge < -0.3 is 23.5 Å². The first-order valence-corrected chi connectivity index (χ1v) is 20.2. The molecule has 0 radical (unpaired) electrons. The number of carbonyl (C=O) groups excluding carboxylic acids is 1. The Balaban J connectivity index is 1.67. The molecule has 8 heteroatoms. The highest BCUT2D eigenvalue weighted by molar-refractivity contribution is 6.74. The minimum atomic E-state index is -1.79. The van der Waals surface area contributed by atoms with Gasteiger partial charge in [0.25, 0.3) is 0 Å². The molecule has 2 heterocycles. The van der Waals surface area contributed by atoms with Crippen molar-refractivity contribution in [2.45, 2.75) is 96.9 Å². The van der Waals surface area contributed by atoms with E-state index in [4.69, 9.17) is 23.6 Å². The standard InChI is InChI=1S/C41H56N2O5Si/c1-40(2,3)32-19-15-29(16-20-32)35(26-33-21-24-38(44)43(33)28-31-17-22-34(45-7)27-37(31)46-8)36-23-18-30(39(42-36)47-9)14-12-13-25-48-49(10,11)41(4,5)6/h12,14-20,22-23,26-27,33H,13,21,24-25,28H2,1-11H3/b14-12+,35-26?/t33-/m1/s1. The number of benzene rings is 2. The van der Waals surface area contributed by atoms with E-state index in [1.54, 1.807) is 21.3 Å². The zero-order chi connectivity index (χ0) is 36.0. The maximum absolute atomic E-state index is 13.3. The van der Waals surface area contributed by atoms with Crippen molar-refractivity contribution >= 4 is 25.9 Å². The van der Waals surface area contributed by atoms with Crippen LogP contribution in [-0.2, 0) is 21.2 Å². The van der Waals surface area contributed by atoms with Gasteiger partial charge in [-0.25, -0.2) is 4.98 Å². The minimum Gasteiger partial charge on any atom is -0.497 e. The lowest BCUT2D eigenvalue weighted by atomic mass is 9.86. The molecule has 2 aromatic carbocycles. The van der Waals surface area contributed by atoms with Gasteiger partial charge in [-0.3, -0.25) is 4.79 Å². The third-order valence-electron chi connectivity index (χ3n) is 9.84. The average Bonchev–Trinajstić information content (AvgIpc) is 3.40. The SMILES string of the molecule is COc1ccc(CN2C(=O)CC[C@@H]2C=C(c2ccc(C(C)(C)C)cc2)c2ccc(/C=C/CCO[Si](C)(C)C(C)(C)C)c(OC)n2)c(OC)c1.